The number of hydrogen-bond donors (Lipinski definition) is 2. The molecule has 0 unspecified atom stereocenters. The largest absolute Gasteiger partial charge is 0.467 e. The Kier molecular flexibility index (Phi) is 8.92. The molecule has 0 aromatic heterocycles. The standard InChI is InChI=1S/C25H27Cl2N3O5S/c1-14(31)30-13-36-25(2,3)21(30)23(33)29-19(24(34)35-4)12-15-8-10-16(11-9-15)28-22(32)20-17(26)6-5-7-18(20)27/h5-11,19,21H,12-13H2,1-4H3,(H,28,32)(H,29,33)/t19-,21-/m0/s1. The third-order valence-corrected chi connectivity index (χ3v) is 7.85. The maximum absolute atomic E-state index is 13.2. The van der Waals surface area contributed by atoms with E-state index in [0.29, 0.717) is 11.6 Å². The molecular formula is C25H27Cl2N3O5S. The summed E-state index contributed by atoms with van der Waals surface area (Å²) in [6.45, 7) is 5.20. The Bertz CT molecular complexity index is 1150. The first-order chi connectivity index (χ1) is 16.9. The highest BCUT2D eigenvalue weighted by Crippen LogP contribution is 2.39. The van der Waals surface area contributed by atoms with Crippen LogP contribution in [0.15, 0.2) is 42.5 Å². The van der Waals surface area contributed by atoms with Crippen molar-refractivity contribution in [3.63, 3.8) is 0 Å². The second-order valence-electron chi connectivity index (χ2n) is 8.80. The fourth-order valence-electron chi connectivity index (χ4n) is 3.95. The number of methoxy groups -OCH3 is 1. The Balaban J connectivity index is 1.72. The molecule has 1 aliphatic rings. The summed E-state index contributed by atoms with van der Waals surface area (Å²) in [5.41, 5.74) is 1.40. The van der Waals surface area contributed by atoms with Gasteiger partial charge in [0.1, 0.15) is 12.1 Å². The molecule has 11 heteroatoms. The van der Waals surface area contributed by atoms with E-state index in [4.69, 9.17) is 27.9 Å². The van der Waals surface area contributed by atoms with Gasteiger partial charge < -0.3 is 20.3 Å². The maximum Gasteiger partial charge on any atom is 0.328 e. The van der Waals surface area contributed by atoms with Crippen LogP contribution in [0.4, 0.5) is 5.69 Å². The third-order valence-electron chi connectivity index (χ3n) is 5.84. The molecule has 0 spiro atoms. The number of nitrogens with zero attached hydrogens (tertiary/aromatic N) is 1. The first-order valence-corrected chi connectivity index (χ1v) is 12.8. The predicted molar refractivity (Wildman–Crippen MR) is 141 cm³/mol. The average molecular weight is 552 g/mol. The summed E-state index contributed by atoms with van der Waals surface area (Å²) in [5.74, 6) is -1.29. The van der Waals surface area contributed by atoms with Crippen LogP contribution in [0.3, 0.4) is 0 Å². The van der Waals surface area contributed by atoms with Gasteiger partial charge in [-0.1, -0.05) is 41.4 Å². The number of carbonyl (C=O) groups is 4. The Morgan fingerprint density at radius 2 is 1.72 bits per heavy atom. The molecule has 0 aliphatic carbocycles. The minimum Gasteiger partial charge on any atom is -0.467 e. The number of hydrogen-bond acceptors (Lipinski definition) is 6. The topological polar surface area (TPSA) is 105 Å². The third kappa shape index (κ3) is 6.32. The molecule has 8 nitrogen and oxygen atoms in total. The molecule has 2 N–H and O–H groups in total. The zero-order chi connectivity index (χ0) is 26.6. The fraction of sp³-hybridized carbons (Fsp3) is 0.360. The van der Waals surface area contributed by atoms with Crippen molar-refractivity contribution < 1.29 is 23.9 Å². The van der Waals surface area contributed by atoms with Crippen LogP contribution < -0.4 is 10.6 Å². The number of nitrogens with one attached hydrogen (secondary N) is 2. The van der Waals surface area contributed by atoms with Gasteiger partial charge in [-0.25, -0.2) is 4.79 Å². The molecule has 2 aromatic rings. The first-order valence-electron chi connectivity index (χ1n) is 11.1. The molecule has 3 amide bonds. The van der Waals surface area contributed by atoms with Crippen molar-refractivity contribution in [1.29, 1.82) is 0 Å². The zero-order valence-corrected chi connectivity index (χ0v) is 22.6. The van der Waals surface area contributed by atoms with E-state index in [9.17, 15) is 19.2 Å². The van der Waals surface area contributed by atoms with Crippen LogP contribution in [-0.2, 0) is 25.5 Å². The van der Waals surface area contributed by atoms with Gasteiger partial charge in [-0.3, -0.25) is 14.4 Å². The van der Waals surface area contributed by atoms with E-state index in [0.717, 1.165) is 5.56 Å². The lowest BCUT2D eigenvalue weighted by Crippen LogP contribution is -2.56. The van der Waals surface area contributed by atoms with Crippen molar-refractivity contribution in [1.82, 2.24) is 10.2 Å². The Morgan fingerprint density at radius 3 is 2.28 bits per heavy atom. The number of amides is 3. The van der Waals surface area contributed by atoms with Gasteiger partial charge in [-0.15, -0.1) is 11.8 Å². The van der Waals surface area contributed by atoms with Gasteiger partial charge in [-0.05, 0) is 43.7 Å². The van der Waals surface area contributed by atoms with Crippen LogP contribution in [0.1, 0.15) is 36.7 Å². The zero-order valence-electron chi connectivity index (χ0n) is 20.3. The summed E-state index contributed by atoms with van der Waals surface area (Å²) < 4.78 is 4.39. The summed E-state index contributed by atoms with van der Waals surface area (Å²) in [6, 6.07) is 9.91. The van der Waals surface area contributed by atoms with Gasteiger partial charge in [-0.2, -0.15) is 0 Å². The van der Waals surface area contributed by atoms with Crippen molar-refractivity contribution in [3.05, 3.63) is 63.6 Å². The molecule has 1 fully saturated rings. The molecule has 2 aromatic carbocycles. The van der Waals surface area contributed by atoms with Crippen molar-refractivity contribution >= 4 is 64.3 Å². The minimum absolute atomic E-state index is 0.156. The summed E-state index contributed by atoms with van der Waals surface area (Å²) in [4.78, 5) is 51.8. The number of halogens is 2. The van der Waals surface area contributed by atoms with Crippen LogP contribution in [0.5, 0.6) is 0 Å². The minimum atomic E-state index is -0.958. The van der Waals surface area contributed by atoms with Crippen molar-refractivity contribution in [3.8, 4) is 0 Å². The lowest BCUT2D eigenvalue weighted by molar-refractivity contribution is -0.146. The highest BCUT2D eigenvalue weighted by molar-refractivity contribution is 8.00. The molecular weight excluding hydrogens is 525 g/mol. The quantitative estimate of drug-likeness (QED) is 0.501. The van der Waals surface area contributed by atoms with E-state index in [1.54, 1.807) is 42.5 Å². The molecule has 3 rings (SSSR count). The maximum atomic E-state index is 13.2. The van der Waals surface area contributed by atoms with Crippen LogP contribution in [0.25, 0.3) is 0 Å². The molecule has 1 saturated heterocycles. The molecule has 2 atom stereocenters. The van der Waals surface area contributed by atoms with Crippen LogP contribution in [0, 0.1) is 0 Å². The number of ether oxygens (including phenoxy) is 1. The van der Waals surface area contributed by atoms with Crippen molar-refractivity contribution in [2.24, 2.45) is 0 Å². The van der Waals surface area contributed by atoms with E-state index in [2.05, 4.69) is 10.6 Å². The SMILES string of the molecule is COC(=O)[C@H](Cc1ccc(NC(=O)c2c(Cl)cccc2Cl)cc1)NC(=O)[C@@H]1N(C(C)=O)CSC1(C)C. The van der Waals surface area contributed by atoms with Gasteiger partial charge in [0.05, 0.1) is 28.6 Å². The van der Waals surface area contributed by atoms with E-state index in [-0.39, 0.29) is 27.9 Å². The second kappa shape index (κ2) is 11.5. The number of anilines is 1. The number of rotatable bonds is 7. The Labute approximate surface area is 224 Å². The fourth-order valence-corrected chi connectivity index (χ4v) is 5.71. The lowest BCUT2D eigenvalue weighted by atomic mass is 9.99. The van der Waals surface area contributed by atoms with Gasteiger partial charge in [0.2, 0.25) is 11.8 Å². The predicted octanol–water partition coefficient (Wildman–Crippen LogP) is 4.15. The van der Waals surface area contributed by atoms with Gasteiger partial charge >= 0.3 is 5.97 Å². The number of carbonyl (C=O) groups excluding carboxylic acids is 4. The van der Waals surface area contributed by atoms with Crippen molar-refractivity contribution in [2.75, 3.05) is 18.3 Å². The van der Waals surface area contributed by atoms with Gasteiger partial charge in [0, 0.05) is 23.8 Å². The van der Waals surface area contributed by atoms with Crippen molar-refractivity contribution in [2.45, 2.75) is 44.0 Å². The normalized spacial score (nSPS) is 17.3. The smallest absolute Gasteiger partial charge is 0.328 e. The van der Waals surface area contributed by atoms with E-state index in [1.165, 1.54) is 30.7 Å². The summed E-state index contributed by atoms with van der Waals surface area (Å²) in [6.07, 6.45) is 0.156. The second-order valence-corrected chi connectivity index (χ2v) is 11.2. The highest BCUT2D eigenvalue weighted by atomic mass is 35.5. The summed E-state index contributed by atoms with van der Waals surface area (Å²) in [7, 11) is 1.25. The van der Waals surface area contributed by atoms with Crippen LogP contribution >= 0.6 is 35.0 Å². The Morgan fingerprint density at radius 1 is 1.11 bits per heavy atom. The average Bonchev–Trinajstić information content (AvgIpc) is 3.14. The molecule has 0 bridgehead atoms. The monoisotopic (exact) mass is 551 g/mol. The number of esters is 1. The summed E-state index contributed by atoms with van der Waals surface area (Å²) in [5, 5.41) is 5.97. The molecule has 0 radical (unpaired) electrons. The van der Waals surface area contributed by atoms with Crippen LogP contribution in [0.2, 0.25) is 10.0 Å². The molecule has 1 heterocycles. The number of thioether (sulfide) groups is 1. The molecule has 0 saturated carbocycles. The van der Waals surface area contributed by atoms with E-state index >= 15 is 0 Å². The van der Waals surface area contributed by atoms with E-state index in [1.807, 2.05) is 13.8 Å². The molecule has 192 valence electrons. The van der Waals surface area contributed by atoms with Gasteiger partial charge in [0.15, 0.2) is 0 Å². The Hall–Kier alpha value is -2.75. The van der Waals surface area contributed by atoms with Crippen LogP contribution in [-0.4, -0.2) is 58.4 Å². The van der Waals surface area contributed by atoms with Gasteiger partial charge in [0.25, 0.3) is 5.91 Å². The molecule has 36 heavy (non-hydrogen) atoms. The first kappa shape index (κ1) is 27.8. The lowest BCUT2D eigenvalue weighted by Gasteiger charge is -2.31. The molecule has 1 aliphatic heterocycles. The summed E-state index contributed by atoms with van der Waals surface area (Å²) >= 11 is 13.7. The highest BCUT2D eigenvalue weighted by Gasteiger charge is 2.47. The number of benzene rings is 2. The van der Waals surface area contributed by atoms with E-state index < -0.39 is 34.6 Å².